The summed E-state index contributed by atoms with van der Waals surface area (Å²) in [5.41, 5.74) is 16.6. The lowest BCUT2D eigenvalue weighted by atomic mass is 9.74. The number of fused-ring (bicyclic) bond motifs is 6. The maximum atomic E-state index is 2.75. The van der Waals surface area contributed by atoms with Gasteiger partial charge in [-0.2, -0.15) is 0 Å². The first-order chi connectivity index (χ1) is 32.1. The Balaban J connectivity index is 0.812. The normalized spacial score (nSPS) is 27.4. The van der Waals surface area contributed by atoms with Gasteiger partial charge in [0.1, 0.15) is 0 Å². The molecule has 0 amide bonds. The van der Waals surface area contributed by atoms with Crippen molar-refractivity contribution in [3.63, 3.8) is 0 Å². The van der Waals surface area contributed by atoms with Crippen molar-refractivity contribution in [2.24, 2.45) is 5.41 Å². The zero-order valence-corrected chi connectivity index (χ0v) is 38.0. The third-order valence-corrected chi connectivity index (χ3v) is 15.9. The molecule has 0 spiro atoms. The third kappa shape index (κ3) is 7.21. The molecule has 0 N–H and O–H groups in total. The molecule has 6 unspecified atom stereocenters. The van der Waals surface area contributed by atoms with E-state index in [9.17, 15) is 0 Å². The average molecular weight is 851 g/mol. The standard InChI is InChI=1S/C61H62N4/c1-61(40-38-50(39-41-61)63(46-20-8-3-9-21-46)52-35-37-56-54-27-15-17-29-58(54)65(60(56)43-52)48-24-12-5-13-25-48)44-30-32-49(33-31-44)62(45-18-6-2-7-19-45)51-34-36-55-53-26-14-16-28-57(53)64(59(55)42-51)47-22-10-4-11-23-47/h2-3,6-9,14-22,24,26-32,34-36,38-40,42,49,53,56-57,60H,4-5,10-13,23,25,33,37,41,43H2,1H3. The van der Waals surface area contributed by atoms with Crippen LogP contribution in [0.4, 0.5) is 28.4 Å². The van der Waals surface area contributed by atoms with Crippen molar-refractivity contribution in [1.29, 1.82) is 0 Å². The predicted octanol–water partition coefficient (Wildman–Crippen LogP) is 15.4. The maximum Gasteiger partial charge on any atom is 0.0626 e. The van der Waals surface area contributed by atoms with E-state index in [-0.39, 0.29) is 11.5 Å². The van der Waals surface area contributed by atoms with Crippen LogP contribution in [-0.2, 0) is 0 Å². The lowest BCUT2D eigenvalue weighted by Crippen LogP contribution is -2.39. The van der Waals surface area contributed by atoms with Gasteiger partial charge in [0, 0.05) is 80.9 Å². The van der Waals surface area contributed by atoms with Crippen LogP contribution >= 0.6 is 0 Å². The maximum absolute atomic E-state index is 2.75. The van der Waals surface area contributed by atoms with E-state index >= 15 is 0 Å². The summed E-state index contributed by atoms with van der Waals surface area (Å²) in [7, 11) is 0. The van der Waals surface area contributed by atoms with E-state index in [0.717, 1.165) is 32.1 Å². The fraction of sp³-hybridized carbons (Fsp3) is 0.311. The number of hydrogen-bond acceptors (Lipinski definition) is 4. The second-order valence-electron chi connectivity index (χ2n) is 19.8. The second kappa shape index (κ2) is 16.9. The van der Waals surface area contributed by atoms with Crippen molar-refractivity contribution >= 4 is 28.4 Å². The van der Waals surface area contributed by atoms with E-state index in [1.54, 1.807) is 5.70 Å². The number of hydrogen-bond donors (Lipinski definition) is 0. The smallest absolute Gasteiger partial charge is 0.0626 e. The van der Waals surface area contributed by atoms with Crippen LogP contribution in [0.2, 0.25) is 0 Å². The monoisotopic (exact) mass is 850 g/mol. The lowest BCUT2D eigenvalue weighted by Gasteiger charge is -2.41. The van der Waals surface area contributed by atoms with Gasteiger partial charge in [0.15, 0.2) is 0 Å². The van der Waals surface area contributed by atoms with Crippen LogP contribution in [0.3, 0.4) is 0 Å². The minimum absolute atomic E-state index is 0.0899. The quantitative estimate of drug-likeness (QED) is 0.166. The Morgan fingerprint density at radius 2 is 1.34 bits per heavy atom. The Hall–Kier alpha value is -6.26. The highest BCUT2D eigenvalue weighted by Crippen LogP contribution is 2.53. The number of para-hydroxylation sites is 3. The van der Waals surface area contributed by atoms with E-state index in [1.165, 1.54) is 107 Å². The average Bonchev–Trinajstić information content (AvgIpc) is 3.88. The molecule has 0 bridgehead atoms. The second-order valence-corrected chi connectivity index (χ2v) is 19.8. The Labute approximate surface area is 387 Å². The molecule has 4 heteroatoms. The van der Waals surface area contributed by atoms with Crippen LogP contribution in [0.1, 0.15) is 107 Å². The molecule has 326 valence electrons. The highest BCUT2D eigenvalue weighted by molar-refractivity contribution is 5.77. The summed E-state index contributed by atoms with van der Waals surface area (Å²) in [6, 6.07) is 39.7. The minimum atomic E-state index is -0.0899. The molecule has 4 nitrogen and oxygen atoms in total. The highest BCUT2D eigenvalue weighted by atomic mass is 15.2. The van der Waals surface area contributed by atoms with Crippen LogP contribution < -0.4 is 19.6 Å². The zero-order valence-electron chi connectivity index (χ0n) is 38.0. The molecule has 0 fully saturated rings. The van der Waals surface area contributed by atoms with Crippen molar-refractivity contribution in [3.8, 4) is 0 Å². The van der Waals surface area contributed by atoms with Crippen LogP contribution in [0.25, 0.3) is 0 Å². The first kappa shape index (κ1) is 40.3. The van der Waals surface area contributed by atoms with Gasteiger partial charge in [-0.05, 0) is 136 Å². The number of allylic oxidation sites excluding steroid dienone is 12. The van der Waals surface area contributed by atoms with Gasteiger partial charge in [-0.25, -0.2) is 0 Å². The van der Waals surface area contributed by atoms with E-state index < -0.39 is 0 Å². The summed E-state index contributed by atoms with van der Waals surface area (Å²) >= 11 is 0. The number of rotatable bonds is 9. The summed E-state index contributed by atoms with van der Waals surface area (Å²) in [5, 5.41) is 0. The van der Waals surface area contributed by atoms with Gasteiger partial charge < -0.3 is 19.6 Å². The van der Waals surface area contributed by atoms with Crippen molar-refractivity contribution in [2.75, 3.05) is 19.6 Å². The summed E-state index contributed by atoms with van der Waals surface area (Å²) in [6.07, 6.45) is 45.7. The highest BCUT2D eigenvalue weighted by Gasteiger charge is 2.43. The van der Waals surface area contributed by atoms with Crippen LogP contribution in [0, 0.1) is 5.41 Å². The predicted molar refractivity (Wildman–Crippen MR) is 273 cm³/mol. The largest absolute Gasteiger partial charge is 0.341 e. The fourth-order valence-corrected chi connectivity index (χ4v) is 12.6. The van der Waals surface area contributed by atoms with Crippen molar-refractivity contribution in [1.82, 2.24) is 0 Å². The lowest BCUT2D eigenvalue weighted by molar-refractivity contribution is 0.501. The van der Waals surface area contributed by atoms with Crippen LogP contribution in [-0.4, -0.2) is 18.1 Å². The van der Waals surface area contributed by atoms with Gasteiger partial charge in [0.2, 0.25) is 0 Å². The molecule has 65 heavy (non-hydrogen) atoms. The Bertz CT molecular complexity index is 2740. The van der Waals surface area contributed by atoms with Crippen molar-refractivity contribution in [3.05, 3.63) is 222 Å². The first-order valence-electron chi connectivity index (χ1n) is 24.8. The number of anilines is 5. The van der Waals surface area contributed by atoms with Gasteiger partial charge in [-0.1, -0.05) is 140 Å². The molecule has 0 aromatic heterocycles. The molecule has 12 rings (SSSR count). The molecule has 0 saturated carbocycles. The van der Waals surface area contributed by atoms with Gasteiger partial charge in [-0.15, -0.1) is 0 Å². The SMILES string of the molecule is CC1(C2=CCC(N(c3ccccc3)c3ccc4c(c3)N(C3=CCCCC3)C3C=CC=CC43)C=C2)C=CC(N(C2=CCC3c4ccccc4N(C4=CCCCC4)C3C2)c2ccccc2)=CC1. The summed E-state index contributed by atoms with van der Waals surface area (Å²) in [5.74, 6) is 0.916. The van der Waals surface area contributed by atoms with Gasteiger partial charge >= 0.3 is 0 Å². The fourth-order valence-electron chi connectivity index (χ4n) is 12.6. The van der Waals surface area contributed by atoms with E-state index in [1.807, 2.05) is 0 Å². The van der Waals surface area contributed by atoms with Crippen molar-refractivity contribution < 1.29 is 0 Å². The molecular weight excluding hydrogens is 789 g/mol. The number of nitrogens with zero attached hydrogens (tertiary/aromatic N) is 4. The topological polar surface area (TPSA) is 13.0 Å². The molecule has 0 saturated heterocycles. The summed E-state index contributed by atoms with van der Waals surface area (Å²) in [4.78, 5) is 10.6. The molecule has 4 aromatic rings. The molecule has 2 heterocycles. The molecular formula is C61H62N4. The van der Waals surface area contributed by atoms with E-state index in [4.69, 9.17) is 0 Å². The number of benzene rings is 4. The van der Waals surface area contributed by atoms with Crippen molar-refractivity contribution in [2.45, 2.75) is 114 Å². The molecule has 4 aromatic carbocycles. The summed E-state index contributed by atoms with van der Waals surface area (Å²) < 4.78 is 0. The van der Waals surface area contributed by atoms with E-state index in [2.05, 4.69) is 209 Å². The Morgan fingerprint density at radius 1 is 0.600 bits per heavy atom. The molecule has 6 aliphatic carbocycles. The molecule has 0 radical (unpaired) electrons. The summed E-state index contributed by atoms with van der Waals surface area (Å²) in [6.45, 7) is 2.43. The molecule has 2 aliphatic heterocycles. The Kier molecular flexibility index (Phi) is 10.5. The molecule has 6 atom stereocenters. The zero-order chi connectivity index (χ0) is 43.3. The molecule has 8 aliphatic rings. The van der Waals surface area contributed by atoms with Gasteiger partial charge in [-0.3, -0.25) is 0 Å². The first-order valence-corrected chi connectivity index (χ1v) is 24.8. The minimum Gasteiger partial charge on any atom is -0.341 e. The van der Waals surface area contributed by atoms with Crippen LogP contribution in [0.15, 0.2) is 210 Å². The Morgan fingerprint density at radius 3 is 2.06 bits per heavy atom. The van der Waals surface area contributed by atoms with Gasteiger partial charge in [0.25, 0.3) is 0 Å². The van der Waals surface area contributed by atoms with E-state index in [0.29, 0.717) is 23.9 Å². The van der Waals surface area contributed by atoms with Gasteiger partial charge in [0.05, 0.1) is 12.1 Å². The van der Waals surface area contributed by atoms with Crippen LogP contribution in [0.5, 0.6) is 0 Å². The third-order valence-electron chi connectivity index (χ3n) is 15.9.